The number of carbonyl (C=O) groups is 1. The van der Waals surface area contributed by atoms with E-state index in [9.17, 15) is 13.2 Å². The van der Waals surface area contributed by atoms with Crippen LogP contribution < -0.4 is 19.1 Å². The molecule has 3 atom stereocenters. The Morgan fingerprint density at radius 2 is 1.96 bits per heavy atom. The minimum absolute atomic E-state index is 0.0215. The Balaban J connectivity index is 1.34. The molecule has 0 radical (unpaired) electrons. The highest BCUT2D eigenvalue weighted by Crippen LogP contribution is 2.44. The van der Waals surface area contributed by atoms with Crippen molar-refractivity contribution in [1.29, 1.82) is 0 Å². The number of carbonyl (C=O) groups excluding carboxylic acids is 1. The number of nitrogens with zero attached hydrogens (tertiary/aromatic N) is 1. The van der Waals surface area contributed by atoms with Crippen molar-refractivity contribution in [3.63, 3.8) is 0 Å². The molecular weight excluding hydrogens is 380 g/mol. The number of hydrogen-bond donors (Lipinski definition) is 1. The van der Waals surface area contributed by atoms with E-state index < -0.39 is 10.0 Å². The predicted molar refractivity (Wildman–Crippen MR) is 106 cm³/mol. The summed E-state index contributed by atoms with van der Waals surface area (Å²) in [6.07, 6.45) is 6.84. The molecular formula is C20H28N2O5S. The van der Waals surface area contributed by atoms with Crippen molar-refractivity contribution in [1.82, 2.24) is 5.32 Å². The number of amides is 1. The predicted octanol–water partition coefficient (Wildman–Crippen LogP) is 2.31. The maximum Gasteiger partial charge on any atom is 0.232 e. The summed E-state index contributed by atoms with van der Waals surface area (Å²) < 4.78 is 37.0. The second-order valence-corrected chi connectivity index (χ2v) is 10.0. The fourth-order valence-electron chi connectivity index (χ4n) is 4.76. The smallest absolute Gasteiger partial charge is 0.232 e. The van der Waals surface area contributed by atoms with E-state index >= 15 is 0 Å². The summed E-state index contributed by atoms with van der Waals surface area (Å²) in [5.74, 6) is 2.61. The van der Waals surface area contributed by atoms with Crippen LogP contribution in [0.5, 0.6) is 11.5 Å². The Bertz CT molecular complexity index is 841. The van der Waals surface area contributed by atoms with Crippen molar-refractivity contribution in [2.75, 3.05) is 30.3 Å². The van der Waals surface area contributed by atoms with Crippen molar-refractivity contribution < 1.29 is 22.7 Å². The van der Waals surface area contributed by atoms with E-state index in [4.69, 9.17) is 9.47 Å². The Labute approximate surface area is 166 Å². The van der Waals surface area contributed by atoms with Crippen LogP contribution in [0.4, 0.5) is 5.69 Å². The SMILES string of the molecule is CS(=O)(=O)N(CCCC(=O)NC1CC2CCC1C2)c1ccc2c(c1)OCCO2. The fourth-order valence-corrected chi connectivity index (χ4v) is 5.71. The third-order valence-corrected chi connectivity index (χ3v) is 7.26. The molecule has 2 fully saturated rings. The van der Waals surface area contributed by atoms with Gasteiger partial charge in [0.2, 0.25) is 15.9 Å². The molecule has 8 heteroatoms. The van der Waals surface area contributed by atoms with Crippen molar-refractivity contribution >= 4 is 21.6 Å². The molecule has 7 nitrogen and oxygen atoms in total. The number of nitrogens with one attached hydrogen (secondary N) is 1. The minimum Gasteiger partial charge on any atom is -0.486 e. The second kappa shape index (κ2) is 7.81. The quantitative estimate of drug-likeness (QED) is 0.748. The molecule has 1 aromatic carbocycles. The fraction of sp³-hybridized carbons (Fsp3) is 0.650. The zero-order valence-corrected chi connectivity index (χ0v) is 17.0. The summed E-state index contributed by atoms with van der Waals surface area (Å²) in [7, 11) is -3.47. The van der Waals surface area contributed by atoms with E-state index in [1.807, 2.05) is 0 Å². The van der Waals surface area contributed by atoms with E-state index in [0.717, 1.165) is 12.3 Å². The number of anilines is 1. The largest absolute Gasteiger partial charge is 0.486 e. The van der Waals surface area contributed by atoms with Crippen molar-refractivity contribution in [3.05, 3.63) is 18.2 Å². The normalized spacial score (nSPS) is 25.5. The van der Waals surface area contributed by atoms with Crippen LogP contribution >= 0.6 is 0 Å². The molecule has 1 heterocycles. The molecule has 2 saturated carbocycles. The number of ether oxygens (including phenoxy) is 2. The molecule has 1 aromatic rings. The molecule has 1 amide bonds. The van der Waals surface area contributed by atoms with Gasteiger partial charge in [-0.3, -0.25) is 9.10 Å². The van der Waals surface area contributed by atoms with Gasteiger partial charge in [-0.05, 0) is 49.7 Å². The lowest BCUT2D eigenvalue weighted by molar-refractivity contribution is -0.122. The Morgan fingerprint density at radius 3 is 2.64 bits per heavy atom. The summed E-state index contributed by atoms with van der Waals surface area (Å²) in [5, 5.41) is 3.16. The Hall–Kier alpha value is -1.96. The van der Waals surface area contributed by atoms with Gasteiger partial charge in [-0.25, -0.2) is 8.42 Å². The average Bonchev–Trinajstić information content (AvgIpc) is 3.27. The van der Waals surface area contributed by atoms with E-state index in [1.165, 1.54) is 29.8 Å². The Morgan fingerprint density at radius 1 is 1.18 bits per heavy atom. The highest BCUT2D eigenvalue weighted by molar-refractivity contribution is 7.92. The van der Waals surface area contributed by atoms with Gasteiger partial charge in [0.25, 0.3) is 0 Å². The van der Waals surface area contributed by atoms with Crippen LogP contribution in [-0.4, -0.2) is 46.4 Å². The highest BCUT2D eigenvalue weighted by atomic mass is 32.2. The van der Waals surface area contributed by atoms with Gasteiger partial charge in [-0.1, -0.05) is 6.42 Å². The number of hydrogen-bond acceptors (Lipinski definition) is 5. The van der Waals surface area contributed by atoms with Crippen molar-refractivity contribution in [3.8, 4) is 11.5 Å². The van der Waals surface area contributed by atoms with Gasteiger partial charge >= 0.3 is 0 Å². The average molecular weight is 409 g/mol. The molecule has 4 rings (SSSR count). The third kappa shape index (κ3) is 4.21. The molecule has 0 spiro atoms. The lowest BCUT2D eigenvalue weighted by Gasteiger charge is -2.25. The summed E-state index contributed by atoms with van der Waals surface area (Å²) in [6, 6.07) is 5.44. The van der Waals surface area contributed by atoms with Gasteiger partial charge in [-0.15, -0.1) is 0 Å². The van der Waals surface area contributed by atoms with E-state index in [-0.39, 0.29) is 12.5 Å². The lowest BCUT2D eigenvalue weighted by atomic mass is 9.95. The zero-order valence-electron chi connectivity index (χ0n) is 16.2. The molecule has 1 aliphatic heterocycles. The van der Waals surface area contributed by atoms with Gasteiger partial charge in [0.15, 0.2) is 11.5 Å². The van der Waals surface area contributed by atoms with Crippen LogP contribution in [0.2, 0.25) is 0 Å². The van der Waals surface area contributed by atoms with E-state index in [0.29, 0.717) is 55.2 Å². The maximum atomic E-state index is 12.3. The van der Waals surface area contributed by atoms with Gasteiger partial charge < -0.3 is 14.8 Å². The van der Waals surface area contributed by atoms with Crippen LogP contribution in [0.1, 0.15) is 38.5 Å². The molecule has 154 valence electrons. The first-order chi connectivity index (χ1) is 13.4. The van der Waals surface area contributed by atoms with Crippen molar-refractivity contribution in [2.45, 2.75) is 44.6 Å². The molecule has 3 aliphatic rings. The third-order valence-electron chi connectivity index (χ3n) is 6.06. The zero-order chi connectivity index (χ0) is 19.7. The maximum absolute atomic E-state index is 12.3. The number of benzene rings is 1. The highest BCUT2D eigenvalue weighted by Gasteiger charge is 2.39. The van der Waals surface area contributed by atoms with Gasteiger partial charge in [0, 0.05) is 25.1 Å². The van der Waals surface area contributed by atoms with Gasteiger partial charge in [0.1, 0.15) is 13.2 Å². The molecule has 2 bridgehead atoms. The van der Waals surface area contributed by atoms with Crippen LogP contribution in [0.15, 0.2) is 18.2 Å². The first-order valence-corrected chi connectivity index (χ1v) is 11.9. The lowest BCUT2D eigenvalue weighted by Crippen LogP contribution is -2.39. The summed E-state index contributed by atoms with van der Waals surface area (Å²) in [4.78, 5) is 12.3. The molecule has 3 unspecified atom stereocenters. The van der Waals surface area contributed by atoms with Crippen LogP contribution in [-0.2, 0) is 14.8 Å². The number of fused-ring (bicyclic) bond motifs is 3. The molecule has 0 aromatic heterocycles. The monoisotopic (exact) mass is 408 g/mol. The summed E-state index contributed by atoms with van der Waals surface area (Å²) >= 11 is 0. The summed E-state index contributed by atoms with van der Waals surface area (Å²) in [6.45, 7) is 1.18. The second-order valence-electron chi connectivity index (χ2n) is 8.12. The number of sulfonamides is 1. The molecule has 1 N–H and O–H groups in total. The topological polar surface area (TPSA) is 84.9 Å². The summed E-state index contributed by atoms with van der Waals surface area (Å²) in [5.41, 5.74) is 0.528. The van der Waals surface area contributed by atoms with E-state index in [2.05, 4.69) is 5.32 Å². The first kappa shape index (κ1) is 19.4. The molecule has 2 aliphatic carbocycles. The molecule has 0 saturated heterocycles. The van der Waals surface area contributed by atoms with Gasteiger partial charge in [-0.2, -0.15) is 0 Å². The van der Waals surface area contributed by atoms with Gasteiger partial charge in [0.05, 0.1) is 11.9 Å². The van der Waals surface area contributed by atoms with E-state index in [1.54, 1.807) is 18.2 Å². The first-order valence-electron chi connectivity index (χ1n) is 10.1. The molecule has 28 heavy (non-hydrogen) atoms. The van der Waals surface area contributed by atoms with Crippen LogP contribution in [0, 0.1) is 11.8 Å². The van der Waals surface area contributed by atoms with Crippen LogP contribution in [0.25, 0.3) is 0 Å². The van der Waals surface area contributed by atoms with Crippen molar-refractivity contribution in [2.24, 2.45) is 11.8 Å². The van der Waals surface area contributed by atoms with Crippen LogP contribution in [0.3, 0.4) is 0 Å². The minimum atomic E-state index is -3.47. The Kier molecular flexibility index (Phi) is 5.40. The standard InChI is InChI=1S/C20H28N2O5S/c1-28(24,25)22(16-6-7-18-19(13-16)27-10-9-26-18)8-2-3-20(23)21-17-12-14-4-5-15(17)11-14/h6-7,13-15,17H,2-5,8-12H2,1H3,(H,21,23). The number of rotatable bonds is 7.